The van der Waals surface area contributed by atoms with Crippen molar-refractivity contribution < 1.29 is 4.74 Å². The summed E-state index contributed by atoms with van der Waals surface area (Å²) in [5.74, 6) is 1.65. The lowest BCUT2D eigenvalue weighted by Crippen LogP contribution is -2.36. The molecule has 2 rings (SSSR count). The first-order valence-corrected chi connectivity index (χ1v) is 7.38. The number of H-pyrrole nitrogens is 1. The molecule has 0 saturated heterocycles. The van der Waals surface area contributed by atoms with Crippen LogP contribution in [-0.4, -0.2) is 29.8 Å². The summed E-state index contributed by atoms with van der Waals surface area (Å²) in [6, 6.07) is 8.14. The van der Waals surface area contributed by atoms with Gasteiger partial charge in [-0.05, 0) is 31.5 Å². The van der Waals surface area contributed by atoms with Crippen LogP contribution in [0.15, 0.2) is 35.5 Å². The Hall–Kier alpha value is -2.50. The van der Waals surface area contributed by atoms with Crippen LogP contribution in [0.3, 0.4) is 0 Å². The van der Waals surface area contributed by atoms with E-state index in [4.69, 9.17) is 4.74 Å². The normalized spacial score (nSPS) is 11.3. The van der Waals surface area contributed by atoms with Crippen molar-refractivity contribution in [2.75, 3.05) is 13.7 Å². The van der Waals surface area contributed by atoms with Crippen molar-refractivity contribution >= 4 is 5.96 Å². The van der Waals surface area contributed by atoms with E-state index in [9.17, 15) is 0 Å². The zero-order valence-electron chi connectivity index (χ0n) is 13.3. The van der Waals surface area contributed by atoms with Crippen LogP contribution in [0.1, 0.15) is 23.7 Å². The Bertz CT molecular complexity index is 607. The molecule has 0 saturated carbocycles. The Morgan fingerprint density at radius 1 is 1.27 bits per heavy atom. The number of aromatic amines is 1. The van der Waals surface area contributed by atoms with Gasteiger partial charge in [0.2, 0.25) is 0 Å². The lowest BCUT2D eigenvalue weighted by Gasteiger charge is -2.14. The summed E-state index contributed by atoms with van der Waals surface area (Å²) in [7, 11) is 1.75. The summed E-state index contributed by atoms with van der Waals surface area (Å²) in [5.41, 5.74) is 3.30. The summed E-state index contributed by atoms with van der Waals surface area (Å²) in [6.07, 6.45) is 1.73. The monoisotopic (exact) mass is 301 g/mol. The molecule has 3 N–H and O–H groups in total. The number of hydrogen-bond donors (Lipinski definition) is 3. The lowest BCUT2D eigenvalue weighted by atomic mass is 10.1. The number of aliphatic imine (C=N–C) groups is 1. The summed E-state index contributed by atoms with van der Waals surface area (Å²) in [5, 5.41) is 13.3. The van der Waals surface area contributed by atoms with E-state index >= 15 is 0 Å². The third-order valence-electron chi connectivity index (χ3n) is 3.20. The van der Waals surface area contributed by atoms with E-state index in [-0.39, 0.29) is 0 Å². The molecule has 0 unspecified atom stereocenters. The van der Waals surface area contributed by atoms with Gasteiger partial charge < -0.3 is 15.4 Å². The maximum Gasteiger partial charge on any atom is 0.191 e. The van der Waals surface area contributed by atoms with Gasteiger partial charge >= 0.3 is 0 Å². The predicted molar refractivity (Wildman–Crippen MR) is 88.0 cm³/mol. The molecule has 6 nitrogen and oxygen atoms in total. The quantitative estimate of drug-likeness (QED) is 0.563. The number of nitrogens with zero attached hydrogens (tertiary/aromatic N) is 2. The molecule has 22 heavy (non-hydrogen) atoms. The van der Waals surface area contributed by atoms with Gasteiger partial charge in [0.15, 0.2) is 5.96 Å². The van der Waals surface area contributed by atoms with Gasteiger partial charge in [0.25, 0.3) is 0 Å². The first kappa shape index (κ1) is 15.9. The topological polar surface area (TPSA) is 74.3 Å². The first-order chi connectivity index (χ1) is 10.7. The van der Waals surface area contributed by atoms with Gasteiger partial charge in [-0.1, -0.05) is 12.1 Å². The first-order valence-electron chi connectivity index (χ1n) is 7.38. The predicted octanol–water partition coefficient (Wildman–Crippen LogP) is 1.98. The summed E-state index contributed by atoms with van der Waals surface area (Å²) < 4.78 is 5.69. The van der Waals surface area contributed by atoms with E-state index < -0.39 is 0 Å². The molecule has 0 aliphatic heterocycles. The molecule has 0 aliphatic rings. The van der Waals surface area contributed by atoms with Crippen LogP contribution in [0.25, 0.3) is 0 Å². The SMILES string of the molecule is CCOc1cc(C)ccc1CNC(=NC)NCc1ccn[nH]1. The average molecular weight is 301 g/mol. The number of aromatic nitrogens is 2. The van der Waals surface area contributed by atoms with E-state index in [0.717, 1.165) is 23.0 Å². The highest BCUT2D eigenvalue weighted by atomic mass is 16.5. The molecule has 2 aromatic rings. The molecular weight excluding hydrogens is 278 g/mol. The van der Waals surface area contributed by atoms with E-state index in [1.54, 1.807) is 13.2 Å². The smallest absolute Gasteiger partial charge is 0.191 e. The number of aryl methyl sites for hydroxylation is 1. The Morgan fingerprint density at radius 3 is 2.77 bits per heavy atom. The van der Waals surface area contributed by atoms with Crippen LogP contribution >= 0.6 is 0 Å². The van der Waals surface area contributed by atoms with Gasteiger partial charge in [0, 0.05) is 25.4 Å². The van der Waals surface area contributed by atoms with Crippen LogP contribution in [0.2, 0.25) is 0 Å². The molecule has 0 fully saturated rings. The van der Waals surface area contributed by atoms with Crippen molar-refractivity contribution in [3.8, 4) is 5.75 Å². The van der Waals surface area contributed by atoms with Crippen molar-refractivity contribution in [1.82, 2.24) is 20.8 Å². The minimum atomic E-state index is 0.645. The molecule has 0 atom stereocenters. The minimum Gasteiger partial charge on any atom is -0.494 e. The van der Waals surface area contributed by atoms with E-state index in [1.165, 1.54) is 5.56 Å². The van der Waals surface area contributed by atoms with Crippen LogP contribution in [0, 0.1) is 6.92 Å². The fourth-order valence-electron chi connectivity index (χ4n) is 2.06. The Kier molecular flexibility index (Phi) is 5.82. The van der Waals surface area contributed by atoms with Crippen molar-refractivity contribution in [3.63, 3.8) is 0 Å². The molecule has 118 valence electrons. The molecule has 1 heterocycles. The Morgan fingerprint density at radius 2 is 2.09 bits per heavy atom. The van der Waals surface area contributed by atoms with Gasteiger partial charge in [0.1, 0.15) is 5.75 Å². The second-order valence-corrected chi connectivity index (χ2v) is 4.91. The van der Waals surface area contributed by atoms with Gasteiger partial charge in [-0.15, -0.1) is 0 Å². The Balaban J connectivity index is 1.92. The molecule has 6 heteroatoms. The van der Waals surface area contributed by atoms with Crippen molar-refractivity contribution in [2.24, 2.45) is 4.99 Å². The van der Waals surface area contributed by atoms with E-state index in [2.05, 4.69) is 50.9 Å². The number of benzene rings is 1. The zero-order valence-corrected chi connectivity index (χ0v) is 13.3. The van der Waals surface area contributed by atoms with E-state index in [0.29, 0.717) is 19.7 Å². The number of ether oxygens (including phenoxy) is 1. The van der Waals surface area contributed by atoms with Crippen LogP contribution < -0.4 is 15.4 Å². The third kappa shape index (κ3) is 4.51. The summed E-state index contributed by atoms with van der Waals surface area (Å²) >= 11 is 0. The van der Waals surface area contributed by atoms with Crippen LogP contribution in [0.5, 0.6) is 5.75 Å². The van der Waals surface area contributed by atoms with Gasteiger partial charge in [-0.2, -0.15) is 5.10 Å². The fourth-order valence-corrected chi connectivity index (χ4v) is 2.06. The second-order valence-electron chi connectivity index (χ2n) is 4.91. The number of guanidine groups is 1. The third-order valence-corrected chi connectivity index (χ3v) is 3.20. The van der Waals surface area contributed by atoms with E-state index in [1.807, 2.05) is 13.0 Å². The van der Waals surface area contributed by atoms with Crippen LogP contribution in [0.4, 0.5) is 0 Å². The average Bonchev–Trinajstić information content (AvgIpc) is 3.03. The van der Waals surface area contributed by atoms with Crippen molar-refractivity contribution in [1.29, 1.82) is 0 Å². The second kappa shape index (κ2) is 8.07. The number of nitrogens with one attached hydrogen (secondary N) is 3. The largest absolute Gasteiger partial charge is 0.494 e. The molecule has 0 amide bonds. The van der Waals surface area contributed by atoms with Crippen LogP contribution in [-0.2, 0) is 13.1 Å². The van der Waals surface area contributed by atoms with Gasteiger partial charge in [0.05, 0.1) is 18.8 Å². The lowest BCUT2D eigenvalue weighted by molar-refractivity contribution is 0.336. The minimum absolute atomic E-state index is 0.645. The molecule has 0 radical (unpaired) electrons. The highest BCUT2D eigenvalue weighted by Crippen LogP contribution is 2.20. The highest BCUT2D eigenvalue weighted by molar-refractivity contribution is 5.79. The molecule has 0 bridgehead atoms. The molecule has 0 spiro atoms. The van der Waals surface area contributed by atoms with Crippen molar-refractivity contribution in [2.45, 2.75) is 26.9 Å². The standard InChI is InChI=1S/C16H23N5O/c1-4-22-15-9-12(2)5-6-13(15)10-18-16(17-3)19-11-14-7-8-20-21-14/h5-9H,4,10-11H2,1-3H3,(H,20,21)(H2,17,18,19). The Labute approximate surface area is 131 Å². The van der Waals surface area contributed by atoms with Crippen molar-refractivity contribution in [3.05, 3.63) is 47.3 Å². The van der Waals surface area contributed by atoms with Gasteiger partial charge in [-0.25, -0.2) is 0 Å². The highest BCUT2D eigenvalue weighted by Gasteiger charge is 2.05. The summed E-state index contributed by atoms with van der Waals surface area (Å²) in [6.45, 7) is 6.00. The number of rotatable bonds is 6. The molecule has 0 aliphatic carbocycles. The summed E-state index contributed by atoms with van der Waals surface area (Å²) in [4.78, 5) is 4.22. The molecular formula is C16H23N5O. The molecule has 1 aromatic carbocycles. The molecule has 1 aromatic heterocycles. The van der Waals surface area contributed by atoms with Gasteiger partial charge in [-0.3, -0.25) is 10.1 Å². The fraction of sp³-hybridized carbons (Fsp3) is 0.375. The maximum absolute atomic E-state index is 5.69. The number of hydrogen-bond acceptors (Lipinski definition) is 3. The zero-order chi connectivity index (χ0) is 15.8. The maximum atomic E-state index is 5.69.